The number of hydrogen-bond acceptors (Lipinski definition) is 2. The van der Waals surface area contributed by atoms with E-state index in [1.165, 1.54) is 0 Å². The fraction of sp³-hybridized carbons (Fsp3) is 0.909. The first kappa shape index (κ1) is 10.7. The second kappa shape index (κ2) is 4.75. The Hall–Kier alpha value is -0.370. The van der Waals surface area contributed by atoms with Gasteiger partial charge in [-0.25, -0.2) is 0 Å². The molecule has 2 nitrogen and oxygen atoms in total. The normalized spacial score (nSPS) is 27.4. The van der Waals surface area contributed by atoms with Crippen LogP contribution in [0.5, 0.6) is 0 Å². The van der Waals surface area contributed by atoms with E-state index in [1.807, 2.05) is 20.8 Å². The first-order chi connectivity index (χ1) is 6.13. The van der Waals surface area contributed by atoms with E-state index in [1.54, 1.807) is 0 Å². The number of ether oxygens (including phenoxy) is 1. The van der Waals surface area contributed by atoms with E-state index in [9.17, 15) is 4.79 Å². The molecule has 0 unspecified atom stereocenters. The van der Waals surface area contributed by atoms with Crippen LogP contribution in [0.3, 0.4) is 0 Å². The third-order valence-corrected chi connectivity index (χ3v) is 2.73. The zero-order valence-corrected chi connectivity index (χ0v) is 8.88. The maximum atomic E-state index is 11.4. The van der Waals surface area contributed by atoms with Crippen LogP contribution >= 0.6 is 0 Å². The van der Waals surface area contributed by atoms with Crippen LogP contribution in [0.4, 0.5) is 0 Å². The molecule has 0 amide bonds. The van der Waals surface area contributed by atoms with E-state index in [0.29, 0.717) is 17.8 Å². The summed E-state index contributed by atoms with van der Waals surface area (Å²) >= 11 is 0. The Kier molecular flexibility index (Phi) is 3.91. The van der Waals surface area contributed by atoms with Gasteiger partial charge in [0.05, 0.1) is 6.10 Å². The molecule has 2 heteroatoms. The molecule has 0 heterocycles. The first-order valence-corrected chi connectivity index (χ1v) is 5.27. The molecule has 13 heavy (non-hydrogen) atoms. The van der Waals surface area contributed by atoms with Gasteiger partial charge >= 0.3 is 0 Å². The van der Waals surface area contributed by atoms with Crippen LogP contribution in [0.2, 0.25) is 0 Å². The summed E-state index contributed by atoms with van der Waals surface area (Å²) in [5.41, 5.74) is 0. The van der Waals surface area contributed by atoms with Gasteiger partial charge in [0, 0.05) is 18.9 Å². The van der Waals surface area contributed by atoms with Crippen molar-refractivity contribution in [3.63, 3.8) is 0 Å². The molecule has 0 bridgehead atoms. The van der Waals surface area contributed by atoms with Gasteiger partial charge in [0.25, 0.3) is 0 Å². The summed E-state index contributed by atoms with van der Waals surface area (Å²) in [4.78, 5) is 11.4. The topological polar surface area (TPSA) is 26.3 Å². The Morgan fingerprint density at radius 1 is 1.46 bits per heavy atom. The highest BCUT2D eigenvalue weighted by atomic mass is 16.5. The van der Waals surface area contributed by atoms with Crippen LogP contribution < -0.4 is 0 Å². The monoisotopic (exact) mass is 184 g/mol. The lowest BCUT2D eigenvalue weighted by Gasteiger charge is -2.34. The van der Waals surface area contributed by atoms with E-state index < -0.39 is 0 Å². The number of carbonyl (C=O) groups excluding carboxylic acids is 1. The molecule has 0 aromatic heterocycles. The zero-order chi connectivity index (χ0) is 9.84. The summed E-state index contributed by atoms with van der Waals surface area (Å²) in [6.07, 6.45) is 3.38. The standard InChI is InChI=1S/C11H20O2/c1-4-13-10-5-9(6-10)7-11(12)8(2)3/h8-10H,4-7H2,1-3H3. The summed E-state index contributed by atoms with van der Waals surface area (Å²) < 4.78 is 5.44. The molecule has 0 spiro atoms. The van der Waals surface area contributed by atoms with Crippen molar-refractivity contribution in [3.8, 4) is 0 Å². The molecule has 1 aliphatic carbocycles. The lowest BCUT2D eigenvalue weighted by atomic mass is 9.78. The Bertz CT molecular complexity index is 169. The molecule has 0 radical (unpaired) electrons. The Labute approximate surface area is 80.7 Å². The molecule has 0 aromatic rings. The van der Waals surface area contributed by atoms with Crippen LogP contribution in [0, 0.1) is 11.8 Å². The molecule has 76 valence electrons. The second-order valence-corrected chi connectivity index (χ2v) is 4.24. The smallest absolute Gasteiger partial charge is 0.135 e. The van der Waals surface area contributed by atoms with Crippen molar-refractivity contribution in [1.82, 2.24) is 0 Å². The van der Waals surface area contributed by atoms with Gasteiger partial charge in [0.1, 0.15) is 5.78 Å². The van der Waals surface area contributed by atoms with Crippen molar-refractivity contribution in [2.75, 3.05) is 6.61 Å². The molecule has 1 aliphatic rings. The summed E-state index contributed by atoms with van der Waals surface area (Å²) in [7, 11) is 0. The number of Topliss-reactive ketones (excluding diaryl/α,β-unsaturated/α-hetero) is 1. The first-order valence-electron chi connectivity index (χ1n) is 5.27. The van der Waals surface area contributed by atoms with E-state index in [4.69, 9.17) is 4.74 Å². The number of ketones is 1. The van der Waals surface area contributed by atoms with Crippen LogP contribution in [0.1, 0.15) is 40.0 Å². The van der Waals surface area contributed by atoms with Crippen LogP contribution in [0.25, 0.3) is 0 Å². The third-order valence-electron chi connectivity index (χ3n) is 2.73. The third kappa shape index (κ3) is 3.11. The Balaban J connectivity index is 2.11. The van der Waals surface area contributed by atoms with Crippen molar-refractivity contribution in [3.05, 3.63) is 0 Å². The van der Waals surface area contributed by atoms with Crippen LogP contribution in [0.15, 0.2) is 0 Å². The van der Waals surface area contributed by atoms with Crippen molar-refractivity contribution in [2.45, 2.75) is 46.1 Å². The van der Waals surface area contributed by atoms with E-state index in [2.05, 4.69) is 0 Å². The molecule has 0 aliphatic heterocycles. The quantitative estimate of drug-likeness (QED) is 0.656. The number of hydrogen-bond donors (Lipinski definition) is 0. The molecule has 0 aromatic carbocycles. The van der Waals surface area contributed by atoms with Crippen LogP contribution in [-0.2, 0) is 9.53 Å². The molecule has 0 N–H and O–H groups in total. The Morgan fingerprint density at radius 2 is 2.08 bits per heavy atom. The second-order valence-electron chi connectivity index (χ2n) is 4.24. The van der Waals surface area contributed by atoms with Gasteiger partial charge in [0.2, 0.25) is 0 Å². The lowest BCUT2D eigenvalue weighted by Crippen LogP contribution is -2.33. The van der Waals surface area contributed by atoms with Crippen LogP contribution in [-0.4, -0.2) is 18.5 Å². The molecule has 0 saturated heterocycles. The van der Waals surface area contributed by atoms with Gasteiger partial charge in [-0.2, -0.15) is 0 Å². The Morgan fingerprint density at radius 3 is 2.54 bits per heavy atom. The highest BCUT2D eigenvalue weighted by molar-refractivity contribution is 5.80. The maximum absolute atomic E-state index is 11.4. The predicted octanol–water partition coefficient (Wildman–Crippen LogP) is 2.42. The average Bonchev–Trinajstić information content (AvgIpc) is 2.00. The van der Waals surface area contributed by atoms with Gasteiger partial charge in [-0.05, 0) is 25.7 Å². The molecule has 1 saturated carbocycles. The minimum Gasteiger partial charge on any atom is -0.378 e. The van der Waals surface area contributed by atoms with E-state index >= 15 is 0 Å². The fourth-order valence-electron chi connectivity index (χ4n) is 1.73. The minimum atomic E-state index is 0.200. The molecule has 0 atom stereocenters. The van der Waals surface area contributed by atoms with Gasteiger partial charge < -0.3 is 4.74 Å². The van der Waals surface area contributed by atoms with Crippen molar-refractivity contribution >= 4 is 5.78 Å². The largest absolute Gasteiger partial charge is 0.378 e. The van der Waals surface area contributed by atoms with Gasteiger partial charge in [0.15, 0.2) is 0 Å². The predicted molar refractivity (Wildman–Crippen MR) is 52.6 cm³/mol. The SMILES string of the molecule is CCOC1CC(CC(=O)C(C)C)C1. The molecule has 1 fully saturated rings. The highest BCUT2D eigenvalue weighted by Crippen LogP contribution is 2.33. The van der Waals surface area contributed by atoms with Gasteiger partial charge in [-0.15, -0.1) is 0 Å². The maximum Gasteiger partial charge on any atom is 0.135 e. The van der Waals surface area contributed by atoms with Crippen molar-refractivity contribution in [1.29, 1.82) is 0 Å². The molecular weight excluding hydrogens is 164 g/mol. The summed E-state index contributed by atoms with van der Waals surface area (Å²) in [6, 6.07) is 0. The number of carbonyl (C=O) groups is 1. The van der Waals surface area contributed by atoms with Crippen molar-refractivity contribution < 1.29 is 9.53 Å². The zero-order valence-electron chi connectivity index (χ0n) is 8.88. The van der Waals surface area contributed by atoms with Gasteiger partial charge in [-0.3, -0.25) is 4.79 Å². The molecule has 1 rings (SSSR count). The summed E-state index contributed by atoms with van der Waals surface area (Å²) in [5.74, 6) is 1.21. The molecular formula is C11H20O2. The summed E-state index contributed by atoms with van der Waals surface area (Å²) in [5, 5.41) is 0. The van der Waals surface area contributed by atoms with Crippen molar-refractivity contribution in [2.24, 2.45) is 11.8 Å². The van der Waals surface area contributed by atoms with Gasteiger partial charge in [-0.1, -0.05) is 13.8 Å². The van der Waals surface area contributed by atoms with E-state index in [0.717, 1.165) is 25.9 Å². The minimum absolute atomic E-state index is 0.200. The van der Waals surface area contributed by atoms with E-state index in [-0.39, 0.29) is 5.92 Å². The fourth-order valence-corrected chi connectivity index (χ4v) is 1.73. The average molecular weight is 184 g/mol. The lowest BCUT2D eigenvalue weighted by molar-refractivity contribution is -0.125. The summed E-state index contributed by atoms with van der Waals surface area (Å²) in [6.45, 7) is 6.77. The highest BCUT2D eigenvalue weighted by Gasteiger charge is 2.31. The number of rotatable bonds is 5.